The van der Waals surface area contributed by atoms with Crippen molar-refractivity contribution in [3.05, 3.63) is 65.2 Å². The van der Waals surface area contributed by atoms with Crippen LogP contribution in [0.1, 0.15) is 21.5 Å². The van der Waals surface area contributed by atoms with Crippen LogP contribution in [0, 0.1) is 18.3 Å². The van der Waals surface area contributed by atoms with Crippen molar-refractivity contribution < 1.29 is 17.9 Å². The van der Waals surface area contributed by atoms with E-state index < -0.39 is 16.0 Å². The lowest BCUT2D eigenvalue weighted by Crippen LogP contribution is -2.29. The Morgan fingerprint density at radius 1 is 1.17 bits per heavy atom. The molecular formula is C21H20N4O4S. The molecular weight excluding hydrogens is 404 g/mol. The van der Waals surface area contributed by atoms with E-state index in [9.17, 15) is 18.5 Å². The molecule has 0 unspecified atom stereocenters. The minimum absolute atomic E-state index is 0.0346. The van der Waals surface area contributed by atoms with Crippen LogP contribution in [0.15, 0.2) is 53.4 Å². The number of ether oxygens (including phenoxy) is 1. The molecule has 0 fully saturated rings. The van der Waals surface area contributed by atoms with Crippen molar-refractivity contribution >= 4 is 32.7 Å². The Kier molecular flexibility index (Phi) is 6.30. The number of carbonyl (C=O) groups is 1. The molecule has 8 nitrogen and oxygen atoms in total. The minimum atomic E-state index is -3.75. The third-order valence-electron chi connectivity index (χ3n) is 4.46. The SMILES string of the molecule is COC(=O)c1ccc(S(=O)(=O)NCCNc2nc3c(C)cccc3cc2C#N)cc1. The fourth-order valence-electron chi connectivity index (χ4n) is 2.90. The van der Waals surface area contributed by atoms with Gasteiger partial charge in [-0.25, -0.2) is 22.9 Å². The summed E-state index contributed by atoms with van der Waals surface area (Å²) in [4.78, 5) is 16.0. The lowest BCUT2D eigenvalue weighted by Gasteiger charge is -2.11. The van der Waals surface area contributed by atoms with E-state index in [4.69, 9.17) is 0 Å². The lowest BCUT2D eigenvalue weighted by atomic mass is 10.1. The average molecular weight is 424 g/mol. The van der Waals surface area contributed by atoms with Gasteiger partial charge in [0.05, 0.1) is 28.6 Å². The number of esters is 1. The van der Waals surface area contributed by atoms with E-state index in [2.05, 4.69) is 25.8 Å². The molecule has 1 heterocycles. The Hall–Kier alpha value is -3.48. The molecule has 0 amide bonds. The molecule has 0 atom stereocenters. The van der Waals surface area contributed by atoms with Crippen LogP contribution < -0.4 is 10.0 Å². The van der Waals surface area contributed by atoms with Gasteiger partial charge in [-0.3, -0.25) is 0 Å². The molecule has 0 bridgehead atoms. The highest BCUT2D eigenvalue weighted by Crippen LogP contribution is 2.22. The van der Waals surface area contributed by atoms with Gasteiger partial charge in [0.1, 0.15) is 11.9 Å². The Morgan fingerprint density at radius 3 is 2.57 bits per heavy atom. The summed E-state index contributed by atoms with van der Waals surface area (Å²) in [6.45, 7) is 2.25. The van der Waals surface area contributed by atoms with Gasteiger partial charge in [-0.1, -0.05) is 18.2 Å². The summed E-state index contributed by atoms with van der Waals surface area (Å²) in [5.41, 5.74) is 2.41. The minimum Gasteiger partial charge on any atom is -0.465 e. The number of anilines is 1. The normalized spacial score (nSPS) is 11.1. The molecule has 0 radical (unpaired) electrons. The number of aromatic nitrogens is 1. The number of pyridine rings is 1. The number of sulfonamides is 1. The van der Waals surface area contributed by atoms with Gasteiger partial charge >= 0.3 is 5.97 Å². The van der Waals surface area contributed by atoms with E-state index in [1.54, 1.807) is 6.07 Å². The highest BCUT2D eigenvalue weighted by Gasteiger charge is 2.15. The van der Waals surface area contributed by atoms with Gasteiger partial charge in [-0.15, -0.1) is 0 Å². The Labute approximate surface area is 174 Å². The van der Waals surface area contributed by atoms with Gasteiger partial charge in [0.25, 0.3) is 0 Å². The number of nitrogens with zero attached hydrogens (tertiary/aromatic N) is 2. The van der Waals surface area contributed by atoms with Crippen molar-refractivity contribution in [1.29, 1.82) is 5.26 Å². The maximum atomic E-state index is 12.4. The zero-order valence-electron chi connectivity index (χ0n) is 16.5. The van der Waals surface area contributed by atoms with Gasteiger partial charge in [0, 0.05) is 18.5 Å². The van der Waals surface area contributed by atoms with Crippen molar-refractivity contribution in [2.45, 2.75) is 11.8 Å². The molecule has 0 aliphatic carbocycles. The summed E-state index contributed by atoms with van der Waals surface area (Å²) in [5.74, 6) is -0.136. The number of hydrogen-bond donors (Lipinski definition) is 2. The third kappa shape index (κ3) is 4.56. The molecule has 0 aliphatic heterocycles. The highest BCUT2D eigenvalue weighted by molar-refractivity contribution is 7.89. The van der Waals surface area contributed by atoms with E-state index in [1.165, 1.54) is 31.4 Å². The van der Waals surface area contributed by atoms with Crippen LogP contribution in [-0.2, 0) is 14.8 Å². The quantitative estimate of drug-likeness (QED) is 0.442. The third-order valence-corrected chi connectivity index (χ3v) is 5.94. The van der Waals surface area contributed by atoms with Crippen molar-refractivity contribution in [3.8, 4) is 6.07 Å². The Balaban J connectivity index is 1.66. The predicted molar refractivity (Wildman–Crippen MR) is 113 cm³/mol. The maximum Gasteiger partial charge on any atom is 0.337 e. The fraction of sp³-hybridized carbons (Fsp3) is 0.190. The molecule has 1 aromatic heterocycles. The first-order chi connectivity index (χ1) is 14.4. The standard InChI is InChI=1S/C21H20N4O4S/c1-14-4-3-5-16-12-17(13-22)20(25-19(14)16)23-10-11-24-30(27,28)18-8-6-15(7-9-18)21(26)29-2/h3-9,12,24H,10-11H2,1-2H3,(H,23,25). The second-order valence-corrected chi connectivity index (χ2v) is 8.25. The second-order valence-electron chi connectivity index (χ2n) is 6.48. The van der Waals surface area contributed by atoms with Crippen LogP contribution in [0.2, 0.25) is 0 Å². The van der Waals surface area contributed by atoms with Crippen LogP contribution in [-0.4, -0.2) is 39.6 Å². The van der Waals surface area contributed by atoms with Gasteiger partial charge in [0.15, 0.2) is 0 Å². The summed E-state index contributed by atoms with van der Waals surface area (Å²) >= 11 is 0. The van der Waals surface area contributed by atoms with E-state index in [1.807, 2.05) is 25.1 Å². The molecule has 3 aromatic rings. The number of hydrogen-bond acceptors (Lipinski definition) is 7. The van der Waals surface area contributed by atoms with Crippen LogP contribution in [0.5, 0.6) is 0 Å². The van der Waals surface area contributed by atoms with Crippen LogP contribution in [0.3, 0.4) is 0 Å². The number of para-hydroxylation sites is 1. The van der Waals surface area contributed by atoms with E-state index in [0.717, 1.165) is 16.5 Å². The Bertz CT molecular complexity index is 1230. The molecule has 154 valence electrons. The van der Waals surface area contributed by atoms with Crippen LogP contribution in [0.4, 0.5) is 5.82 Å². The lowest BCUT2D eigenvalue weighted by molar-refractivity contribution is 0.0600. The molecule has 30 heavy (non-hydrogen) atoms. The summed E-state index contributed by atoms with van der Waals surface area (Å²) in [7, 11) is -2.49. The van der Waals surface area contributed by atoms with Gasteiger partial charge in [-0.05, 0) is 42.8 Å². The largest absolute Gasteiger partial charge is 0.465 e. The predicted octanol–water partition coefficient (Wildman–Crippen LogP) is 2.59. The highest BCUT2D eigenvalue weighted by atomic mass is 32.2. The molecule has 3 rings (SSSR count). The summed E-state index contributed by atoms with van der Waals surface area (Å²) in [6.07, 6.45) is 0. The smallest absolute Gasteiger partial charge is 0.337 e. The van der Waals surface area contributed by atoms with Crippen molar-refractivity contribution in [2.24, 2.45) is 0 Å². The molecule has 2 aromatic carbocycles. The number of nitriles is 1. The topological polar surface area (TPSA) is 121 Å². The van der Waals surface area contributed by atoms with Gasteiger partial charge in [-0.2, -0.15) is 5.26 Å². The summed E-state index contributed by atoms with van der Waals surface area (Å²) in [5, 5.41) is 13.3. The Morgan fingerprint density at radius 2 is 1.90 bits per heavy atom. The summed E-state index contributed by atoms with van der Waals surface area (Å²) < 4.78 is 31.9. The monoisotopic (exact) mass is 424 g/mol. The van der Waals surface area contributed by atoms with Crippen molar-refractivity contribution in [1.82, 2.24) is 9.71 Å². The number of aryl methyl sites for hydroxylation is 1. The number of rotatable bonds is 7. The number of fused-ring (bicyclic) bond motifs is 1. The van der Waals surface area contributed by atoms with E-state index in [0.29, 0.717) is 11.4 Å². The van der Waals surface area contributed by atoms with Gasteiger partial charge in [0.2, 0.25) is 10.0 Å². The molecule has 2 N–H and O–H groups in total. The van der Waals surface area contributed by atoms with E-state index >= 15 is 0 Å². The fourth-order valence-corrected chi connectivity index (χ4v) is 3.94. The number of nitrogens with one attached hydrogen (secondary N) is 2. The second kappa shape index (κ2) is 8.90. The molecule has 9 heteroatoms. The van der Waals surface area contributed by atoms with Crippen molar-refractivity contribution in [2.75, 3.05) is 25.5 Å². The zero-order valence-corrected chi connectivity index (χ0v) is 17.3. The maximum absolute atomic E-state index is 12.4. The summed E-state index contributed by atoms with van der Waals surface area (Å²) in [6, 6.07) is 15.0. The van der Waals surface area contributed by atoms with Crippen LogP contribution >= 0.6 is 0 Å². The number of methoxy groups -OCH3 is 1. The average Bonchev–Trinajstić information content (AvgIpc) is 2.76. The number of carbonyl (C=O) groups excluding carboxylic acids is 1. The first-order valence-corrected chi connectivity index (χ1v) is 10.6. The number of benzene rings is 2. The zero-order chi connectivity index (χ0) is 21.7. The first kappa shape index (κ1) is 21.2. The van der Waals surface area contributed by atoms with Crippen molar-refractivity contribution in [3.63, 3.8) is 0 Å². The molecule has 0 saturated heterocycles. The molecule has 0 saturated carbocycles. The van der Waals surface area contributed by atoms with Crippen LogP contribution in [0.25, 0.3) is 10.9 Å². The first-order valence-electron chi connectivity index (χ1n) is 9.08. The van der Waals surface area contributed by atoms with E-state index in [-0.39, 0.29) is 23.5 Å². The van der Waals surface area contributed by atoms with Gasteiger partial charge < -0.3 is 10.1 Å². The molecule has 0 spiro atoms. The molecule has 0 aliphatic rings.